The summed E-state index contributed by atoms with van der Waals surface area (Å²) in [5, 5.41) is 0.107. The van der Waals surface area contributed by atoms with E-state index in [1.165, 1.54) is 128 Å². The van der Waals surface area contributed by atoms with Crippen molar-refractivity contribution >= 4 is 32.2 Å². The van der Waals surface area contributed by atoms with Crippen LogP contribution in [0.15, 0.2) is 24.3 Å². The molecule has 1 rings (SSSR count). The Morgan fingerprint density at radius 3 is 1.21 bits per heavy atom. The lowest BCUT2D eigenvalue weighted by Gasteiger charge is -2.36. The van der Waals surface area contributed by atoms with E-state index in [4.69, 9.17) is 23.4 Å². The number of hydrogen-bond donors (Lipinski definition) is 0. The molecule has 0 bridgehead atoms. The van der Waals surface area contributed by atoms with Crippen LogP contribution in [0.5, 0.6) is 5.75 Å². The first-order valence-electron chi connectivity index (χ1n) is 25.2. The molecule has 0 saturated carbocycles. The van der Waals surface area contributed by atoms with Crippen molar-refractivity contribution in [3.63, 3.8) is 0 Å². The predicted molar refractivity (Wildman–Crippen MR) is 256 cm³/mol. The van der Waals surface area contributed by atoms with Gasteiger partial charge in [-0.05, 0) is 48.7 Å². The van der Waals surface area contributed by atoms with Gasteiger partial charge in [0.15, 0.2) is 14.4 Å². The molecule has 0 aromatic heterocycles. The van der Waals surface area contributed by atoms with Crippen LogP contribution in [-0.2, 0) is 44.4 Å². The highest BCUT2D eigenvalue weighted by Gasteiger charge is 2.37. The summed E-state index contributed by atoms with van der Waals surface area (Å²) in [6, 6.07) is 7.17. The van der Waals surface area contributed by atoms with E-state index in [2.05, 4.69) is 47.7 Å². The molecular formula is C52H92O9Si. The van der Waals surface area contributed by atoms with Gasteiger partial charge in [0.2, 0.25) is 0 Å². The summed E-state index contributed by atoms with van der Waals surface area (Å²) in [6.45, 7) is 15.6. The predicted octanol–water partition coefficient (Wildman–Crippen LogP) is 14.9. The summed E-state index contributed by atoms with van der Waals surface area (Å²) in [7, 11) is -1.90. The van der Waals surface area contributed by atoms with E-state index in [-0.39, 0.29) is 55.9 Å². The lowest BCUT2D eigenvalue weighted by atomic mass is 10.0. The number of benzene rings is 1. The van der Waals surface area contributed by atoms with E-state index in [1.54, 1.807) is 12.1 Å². The maximum absolute atomic E-state index is 12.9. The summed E-state index contributed by atoms with van der Waals surface area (Å²) in [5.41, 5.74) is 0.985. The van der Waals surface area contributed by atoms with E-state index in [0.29, 0.717) is 12.4 Å². The molecule has 0 N–H and O–H groups in total. The van der Waals surface area contributed by atoms with Crippen LogP contribution < -0.4 is 4.74 Å². The highest BCUT2D eigenvalue weighted by atomic mass is 28.4. The second-order valence-corrected chi connectivity index (χ2v) is 23.9. The maximum atomic E-state index is 12.9. The largest absolute Gasteiger partial charge is 0.462 e. The van der Waals surface area contributed by atoms with Gasteiger partial charge >= 0.3 is 23.9 Å². The lowest BCUT2D eigenvalue weighted by Crippen LogP contribution is -2.40. The smallest absolute Gasteiger partial charge is 0.311 e. The second-order valence-electron chi connectivity index (χ2n) is 19.1. The molecular weight excluding hydrogens is 797 g/mol. The van der Waals surface area contributed by atoms with Crippen molar-refractivity contribution in [3.8, 4) is 5.75 Å². The van der Waals surface area contributed by atoms with Crippen LogP contribution >= 0.6 is 0 Å². The Balaban J connectivity index is 2.48. The Hall–Kier alpha value is -2.72. The van der Waals surface area contributed by atoms with Crippen LogP contribution in [0, 0.1) is 0 Å². The lowest BCUT2D eigenvalue weighted by molar-refractivity contribution is -0.167. The zero-order chi connectivity index (χ0) is 45.7. The highest BCUT2D eigenvalue weighted by Crippen LogP contribution is 2.37. The molecule has 0 heterocycles. The summed E-state index contributed by atoms with van der Waals surface area (Å²) in [4.78, 5) is 50.7. The molecule has 0 radical (unpaired) electrons. The van der Waals surface area contributed by atoms with Crippen molar-refractivity contribution in [1.82, 2.24) is 0 Å². The minimum Gasteiger partial charge on any atom is -0.462 e. The number of ether oxygens (including phenoxy) is 4. The van der Waals surface area contributed by atoms with Gasteiger partial charge in [0, 0.05) is 12.8 Å². The molecule has 0 amide bonds. The Morgan fingerprint density at radius 2 is 0.839 bits per heavy atom. The van der Waals surface area contributed by atoms with Crippen molar-refractivity contribution in [2.75, 3.05) is 13.2 Å². The van der Waals surface area contributed by atoms with Gasteiger partial charge in [-0.3, -0.25) is 19.2 Å². The molecule has 0 aliphatic rings. The standard InChI is InChI=1S/C52H92O9Si/c1-8-10-12-14-16-18-20-22-24-26-28-30-32-34-48(53)57-43-47(44-58-49(54)35-33-31-29-27-25-23-21-19-17-15-13-11-9-2)61-51(56)41-40-50(55)60-46-38-36-45(37-39-46)42-59-62(6,7)52(3,4)5/h36-39,47H,8-35,40-44H2,1-7H3. The molecule has 62 heavy (non-hydrogen) atoms. The highest BCUT2D eigenvalue weighted by molar-refractivity contribution is 6.74. The molecule has 0 spiro atoms. The third-order valence-corrected chi connectivity index (χ3v) is 16.7. The van der Waals surface area contributed by atoms with Crippen molar-refractivity contribution < 1.29 is 42.6 Å². The van der Waals surface area contributed by atoms with Gasteiger partial charge in [-0.1, -0.05) is 201 Å². The van der Waals surface area contributed by atoms with E-state index < -0.39 is 26.4 Å². The van der Waals surface area contributed by atoms with Crippen molar-refractivity contribution in [2.45, 2.75) is 258 Å². The minimum atomic E-state index is -1.90. The quantitative estimate of drug-likeness (QED) is 0.0209. The number of carbonyl (C=O) groups excluding carboxylic acids is 4. The van der Waals surface area contributed by atoms with Gasteiger partial charge in [-0.25, -0.2) is 0 Å². The first-order valence-corrected chi connectivity index (χ1v) is 28.1. The normalized spacial score (nSPS) is 11.8. The fraction of sp³-hybridized carbons (Fsp3) is 0.808. The van der Waals surface area contributed by atoms with Gasteiger partial charge in [0.1, 0.15) is 19.0 Å². The molecule has 1 aromatic rings. The summed E-state index contributed by atoms with van der Waals surface area (Å²) >= 11 is 0. The average Bonchev–Trinajstić information content (AvgIpc) is 3.23. The third kappa shape index (κ3) is 32.0. The molecule has 0 saturated heterocycles. The average molecular weight is 889 g/mol. The van der Waals surface area contributed by atoms with Crippen molar-refractivity contribution in [2.24, 2.45) is 0 Å². The Bertz CT molecular complexity index is 1240. The molecule has 0 fully saturated rings. The van der Waals surface area contributed by atoms with Gasteiger partial charge in [0.25, 0.3) is 0 Å². The van der Waals surface area contributed by atoms with Gasteiger partial charge in [-0.15, -0.1) is 0 Å². The molecule has 9 nitrogen and oxygen atoms in total. The maximum Gasteiger partial charge on any atom is 0.311 e. The topological polar surface area (TPSA) is 114 Å². The van der Waals surface area contributed by atoms with E-state index in [1.807, 2.05) is 12.1 Å². The zero-order valence-corrected chi connectivity index (χ0v) is 41.9. The molecule has 0 aliphatic carbocycles. The molecule has 0 unspecified atom stereocenters. The van der Waals surface area contributed by atoms with Crippen molar-refractivity contribution in [3.05, 3.63) is 29.8 Å². The summed E-state index contributed by atoms with van der Waals surface area (Å²) in [5.74, 6) is -1.59. The van der Waals surface area contributed by atoms with Gasteiger partial charge in [0.05, 0.1) is 19.4 Å². The monoisotopic (exact) mass is 889 g/mol. The summed E-state index contributed by atoms with van der Waals surface area (Å²) in [6.07, 6.45) is 30.9. The van der Waals surface area contributed by atoms with Gasteiger partial charge in [-0.2, -0.15) is 0 Å². The number of unbranched alkanes of at least 4 members (excludes halogenated alkanes) is 24. The Labute approximate surface area is 380 Å². The molecule has 0 atom stereocenters. The second kappa shape index (κ2) is 36.6. The van der Waals surface area contributed by atoms with Crippen LogP contribution in [0.3, 0.4) is 0 Å². The Morgan fingerprint density at radius 1 is 0.484 bits per heavy atom. The van der Waals surface area contributed by atoms with E-state index >= 15 is 0 Å². The molecule has 10 heteroatoms. The first kappa shape index (κ1) is 57.3. The molecule has 0 aliphatic heterocycles. The molecule has 358 valence electrons. The summed E-state index contributed by atoms with van der Waals surface area (Å²) < 4.78 is 28.3. The van der Waals surface area contributed by atoms with E-state index in [9.17, 15) is 19.2 Å². The molecule has 1 aromatic carbocycles. The number of carbonyl (C=O) groups is 4. The minimum absolute atomic E-state index is 0.107. The van der Waals surface area contributed by atoms with Crippen LogP contribution in [-0.4, -0.2) is 51.5 Å². The third-order valence-electron chi connectivity index (χ3n) is 12.2. The van der Waals surface area contributed by atoms with Gasteiger partial charge < -0.3 is 23.4 Å². The van der Waals surface area contributed by atoms with Crippen molar-refractivity contribution in [1.29, 1.82) is 0 Å². The Kier molecular flexibility index (Phi) is 33.8. The first-order chi connectivity index (χ1) is 29.8. The van der Waals surface area contributed by atoms with Crippen LogP contribution in [0.25, 0.3) is 0 Å². The zero-order valence-electron chi connectivity index (χ0n) is 40.9. The number of esters is 4. The van der Waals surface area contributed by atoms with Crippen LogP contribution in [0.1, 0.15) is 233 Å². The fourth-order valence-corrected chi connectivity index (χ4v) is 7.93. The number of hydrogen-bond acceptors (Lipinski definition) is 9. The SMILES string of the molecule is CCCCCCCCCCCCCCCC(=O)OCC(COC(=O)CCCCCCCCCCCCCCC)OC(=O)CCC(=O)Oc1ccc(CO[Si](C)(C)C(C)(C)C)cc1. The fourth-order valence-electron chi connectivity index (χ4n) is 6.97. The van der Waals surface area contributed by atoms with Crippen LogP contribution in [0.2, 0.25) is 18.1 Å². The number of rotatable bonds is 40. The van der Waals surface area contributed by atoms with E-state index in [0.717, 1.165) is 44.1 Å². The van der Waals surface area contributed by atoms with Crippen LogP contribution in [0.4, 0.5) is 0 Å².